The molecule has 1 aromatic carbocycles. The van der Waals surface area contributed by atoms with Crippen LogP contribution in [0.15, 0.2) is 18.2 Å². The third kappa shape index (κ3) is 2.96. The number of halogens is 1. The molecule has 2 heterocycles. The number of methoxy groups -OCH3 is 1. The fraction of sp³-hybridized carbons (Fsp3) is 0.500. The van der Waals surface area contributed by atoms with Gasteiger partial charge in [0.25, 0.3) is 0 Å². The number of rotatable bonds is 4. The van der Waals surface area contributed by atoms with Crippen LogP contribution in [0.25, 0.3) is 0 Å². The molecular weight excluding hydrogens is 300 g/mol. The summed E-state index contributed by atoms with van der Waals surface area (Å²) in [5.41, 5.74) is 1.10. The monoisotopic (exact) mass is 320 g/mol. The highest BCUT2D eigenvalue weighted by Crippen LogP contribution is 2.26. The summed E-state index contributed by atoms with van der Waals surface area (Å²) in [6.45, 7) is 7.81. The van der Waals surface area contributed by atoms with E-state index in [2.05, 4.69) is 33.5 Å². The zero-order chi connectivity index (χ0) is 15.7. The predicted molar refractivity (Wildman–Crippen MR) is 86.2 cm³/mol. The van der Waals surface area contributed by atoms with Gasteiger partial charge in [0.2, 0.25) is 0 Å². The van der Waals surface area contributed by atoms with Crippen LogP contribution in [0.4, 0.5) is 0 Å². The summed E-state index contributed by atoms with van der Waals surface area (Å²) >= 11 is 6.11. The molecule has 0 radical (unpaired) electrons. The minimum absolute atomic E-state index is 0.404. The molecule has 0 saturated heterocycles. The van der Waals surface area contributed by atoms with Gasteiger partial charge in [-0.1, -0.05) is 25.4 Å². The Morgan fingerprint density at radius 1 is 1.27 bits per heavy atom. The van der Waals surface area contributed by atoms with Gasteiger partial charge in [0, 0.05) is 36.1 Å². The first-order valence-corrected chi connectivity index (χ1v) is 7.93. The number of benzene rings is 1. The number of aromatic nitrogens is 3. The van der Waals surface area contributed by atoms with Crippen molar-refractivity contribution in [2.75, 3.05) is 13.7 Å². The van der Waals surface area contributed by atoms with Gasteiger partial charge in [-0.2, -0.15) is 0 Å². The van der Waals surface area contributed by atoms with Crippen molar-refractivity contribution >= 4 is 11.6 Å². The lowest BCUT2D eigenvalue weighted by Crippen LogP contribution is -2.34. The molecule has 6 heteroatoms. The van der Waals surface area contributed by atoms with Gasteiger partial charge in [0.05, 0.1) is 13.7 Å². The van der Waals surface area contributed by atoms with E-state index in [1.54, 1.807) is 7.11 Å². The van der Waals surface area contributed by atoms with Crippen molar-refractivity contribution < 1.29 is 4.74 Å². The van der Waals surface area contributed by atoms with Crippen LogP contribution >= 0.6 is 11.6 Å². The van der Waals surface area contributed by atoms with Crippen LogP contribution in [0.2, 0.25) is 5.02 Å². The maximum Gasteiger partial charge on any atom is 0.147 e. The zero-order valence-corrected chi connectivity index (χ0v) is 14.0. The van der Waals surface area contributed by atoms with Crippen molar-refractivity contribution in [3.05, 3.63) is 40.4 Å². The minimum atomic E-state index is 0.404. The van der Waals surface area contributed by atoms with E-state index < -0.39 is 0 Å². The molecule has 0 N–H and O–H groups in total. The number of ether oxygens (including phenoxy) is 1. The summed E-state index contributed by atoms with van der Waals surface area (Å²) in [5.74, 6) is 3.39. The minimum Gasteiger partial charge on any atom is -0.496 e. The molecule has 118 valence electrons. The molecule has 0 bridgehead atoms. The zero-order valence-electron chi connectivity index (χ0n) is 13.2. The number of hydrogen-bond donors (Lipinski definition) is 0. The van der Waals surface area contributed by atoms with Gasteiger partial charge in [-0.15, -0.1) is 10.2 Å². The highest BCUT2D eigenvalue weighted by molar-refractivity contribution is 6.30. The summed E-state index contributed by atoms with van der Waals surface area (Å²) in [4.78, 5) is 2.35. The van der Waals surface area contributed by atoms with E-state index in [0.29, 0.717) is 5.92 Å². The van der Waals surface area contributed by atoms with E-state index >= 15 is 0 Å². The van der Waals surface area contributed by atoms with Crippen LogP contribution in [0.1, 0.15) is 37.0 Å². The topological polar surface area (TPSA) is 43.2 Å². The highest BCUT2D eigenvalue weighted by atomic mass is 35.5. The van der Waals surface area contributed by atoms with E-state index in [1.165, 1.54) is 0 Å². The van der Waals surface area contributed by atoms with Gasteiger partial charge in [-0.25, -0.2) is 0 Å². The molecule has 5 nitrogen and oxygen atoms in total. The summed E-state index contributed by atoms with van der Waals surface area (Å²) in [6, 6.07) is 5.74. The lowest BCUT2D eigenvalue weighted by Gasteiger charge is -2.28. The average molecular weight is 321 g/mol. The first kappa shape index (κ1) is 15.3. The van der Waals surface area contributed by atoms with E-state index in [4.69, 9.17) is 16.3 Å². The Hall–Kier alpha value is -1.59. The molecule has 0 unspecified atom stereocenters. The van der Waals surface area contributed by atoms with Gasteiger partial charge in [-0.05, 0) is 18.2 Å². The van der Waals surface area contributed by atoms with Crippen LogP contribution in [-0.2, 0) is 19.6 Å². The normalized spacial score (nSPS) is 15.1. The Morgan fingerprint density at radius 2 is 2.09 bits per heavy atom. The molecule has 1 aliphatic rings. The van der Waals surface area contributed by atoms with Crippen molar-refractivity contribution in [2.45, 2.75) is 39.4 Å². The Kier molecular flexibility index (Phi) is 4.36. The van der Waals surface area contributed by atoms with Gasteiger partial charge in [0.1, 0.15) is 17.4 Å². The van der Waals surface area contributed by atoms with E-state index in [9.17, 15) is 0 Å². The fourth-order valence-electron chi connectivity index (χ4n) is 2.90. The molecule has 0 saturated carbocycles. The Morgan fingerprint density at radius 3 is 2.82 bits per heavy atom. The van der Waals surface area contributed by atoms with Crippen LogP contribution < -0.4 is 4.74 Å². The number of fused-ring (bicyclic) bond motifs is 1. The molecule has 2 aromatic rings. The van der Waals surface area contributed by atoms with Crippen LogP contribution in [-0.4, -0.2) is 33.3 Å². The smallest absolute Gasteiger partial charge is 0.147 e. The molecule has 0 spiro atoms. The third-order valence-electron chi connectivity index (χ3n) is 4.01. The Labute approximate surface area is 135 Å². The van der Waals surface area contributed by atoms with Crippen molar-refractivity contribution in [3.8, 4) is 5.75 Å². The van der Waals surface area contributed by atoms with Crippen molar-refractivity contribution in [1.29, 1.82) is 0 Å². The average Bonchev–Trinajstić information content (AvgIpc) is 2.91. The second kappa shape index (κ2) is 6.26. The summed E-state index contributed by atoms with van der Waals surface area (Å²) < 4.78 is 7.67. The lowest BCUT2D eigenvalue weighted by molar-refractivity contribution is 0.204. The standard InChI is InChI=1S/C16H21ClN4O/c1-11(2)16-19-18-15-10-20(6-7-21(15)16)9-12-8-13(17)4-5-14(12)22-3/h4-5,8,11H,6-7,9-10H2,1-3H3. The van der Waals surface area contributed by atoms with Gasteiger partial charge >= 0.3 is 0 Å². The SMILES string of the molecule is COc1ccc(Cl)cc1CN1CCn2c(nnc2C(C)C)C1. The maximum absolute atomic E-state index is 6.11. The summed E-state index contributed by atoms with van der Waals surface area (Å²) in [6.07, 6.45) is 0. The van der Waals surface area contributed by atoms with Crippen molar-refractivity contribution in [2.24, 2.45) is 0 Å². The van der Waals surface area contributed by atoms with E-state index in [1.807, 2.05) is 18.2 Å². The third-order valence-corrected chi connectivity index (χ3v) is 4.25. The maximum atomic E-state index is 6.11. The molecule has 3 rings (SSSR count). The molecule has 0 amide bonds. The summed E-state index contributed by atoms with van der Waals surface area (Å²) in [7, 11) is 1.69. The van der Waals surface area contributed by atoms with Crippen LogP contribution in [0.5, 0.6) is 5.75 Å². The fourth-order valence-corrected chi connectivity index (χ4v) is 3.10. The first-order chi connectivity index (χ1) is 10.6. The number of hydrogen-bond acceptors (Lipinski definition) is 4. The number of nitrogens with zero attached hydrogens (tertiary/aromatic N) is 4. The molecule has 1 aromatic heterocycles. The lowest BCUT2D eigenvalue weighted by atomic mass is 10.1. The quantitative estimate of drug-likeness (QED) is 0.868. The predicted octanol–water partition coefficient (Wildman–Crippen LogP) is 3.08. The second-order valence-electron chi connectivity index (χ2n) is 5.95. The highest BCUT2D eigenvalue weighted by Gasteiger charge is 2.23. The largest absolute Gasteiger partial charge is 0.496 e. The molecule has 22 heavy (non-hydrogen) atoms. The van der Waals surface area contributed by atoms with Crippen LogP contribution in [0.3, 0.4) is 0 Å². The van der Waals surface area contributed by atoms with Gasteiger partial charge < -0.3 is 9.30 Å². The second-order valence-corrected chi connectivity index (χ2v) is 6.38. The van der Waals surface area contributed by atoms with Crippen molar-refractivity contribution in [1.82, 2.24) is 19.7 Å². The van der Waals surface area contributed by atoms with Gasteiger partial charge in [-0.3, -0.25) is 4.90 Å². The van der Waals surface area contributed by atoms with Crippen LogP contribution in [0, 0.1) is 0 Å². The Bertz CT molecular complexity index is 668. The molecule has 0 atom stereocenters. The van der Waals surface area contributed by atoms with E-state index in [-0.39, 0.29) is 0 Å². The van der Waals surface area contributed by atoms with Crippen molar-refractivity contribution in [3.63, 3.8) is 0 Å². The molecule has 0 aliphatic carbocycles. The first-order valence-electron chi connectivity index (χ1n) is 7.55. The summed E-state index contributed by atoms with van der Waals surface area (Å²) in [5, 5.41) is 9.41. The molecule has 1 aliphatic heterocycles. The molecule has 0 fully saturated rings. The van der Waals surface area contributed by atoms with Gasteiger partial charge in [0.15, 0.2) is 0 Å². The molecular formula is C16H21ClN4O. The van der Waals surface area contributed by atoms with E-state index in [0.717, 1.165) is 54.2 Å². The Balaban J connectivity index is 1.77.